The predicted octanol–water partition coefficient (Wildman–Crippen LogP) is 1.68. The minimum absolute atomic E-state index is 0.0268. The first-order valence-corrected chi connectivity index (χ1v) is 6.13. The number of nitrogens with zero attached hydrogens (tertiary/aromatic N) is 3. The van der Waals surface area contributed by atoms with Crippen LogP contribution in [0.2, 0.25) is 0 Å². The lowest BCUT2D eigenvalue weighted by Crippen LogP contribution is -2.21. The van der Waals surface area contributed by atoms with Gasteiger partial charge in [0.15, 0.2) is 0 Å². The van der Waals surface area contributed by atoms with Gasteiger partial charge in [0.25, 0.3) is 5.69 Å². The predicted molar refractivity (Wildman–Crippen MR) is 68.1 cm³/mol. The highest BCUT2D eigenvalue weighted by atomic mass is 16.6. The first-order valence-electron chi connectivity index (χ1n) is 6.13. The summed E-state index contributed by atoms with van der Waals surface area (Å²) in [5, 5.41) is 19.4. The van der Waals surface area contributed by atoms with Gasteiger partial charge in [-0.05, 0) is 18.8 Å². The number of aromatic nitrogens is 1. The summed E-state index contributed by atoms with van der Waals surface area (Å²) in [4.78, 5) is 26.9. The average molecular weight is 265 g/mol. The molecule has 1 aromatic heterocycles. The van der Waals surface area contributed by atoms with Crippen molar-refractivity contribution in [3.05, 3.63) is 28.4 Å². The van der Waals surface area contributed by atoms with Crippen LogP contribution in [-0.2, 0) is 4.79 Å². The summed E-state index contributed by atoms with van der Waals surface area (Å²) in [7, 11) is 0. The van der Waals surface area contributed by atoms with E-state index in [9.17, 15) is 14.9 Å². The number of rotatable bonds is 5. The molecular formula is C12H15N3O4. The van der Waals surface area contributed by atoms with Gasteiger partial charge in [0.1, 0.15) is 5.82 Å². The van der Waals surface area contributed by atoms with Crippen LogP contribution in [0.15, 0.2) is 18.3 Å². The molecule has 1 aromatic rings. The molecule has 1 aliphatic heterocycles. The molecule has 0 aliphatic carbocycles. The Bertz CT molecular complexity index is 492. The van der Waals surface area contributed by atoms with Crippen molar-refractivity contribution in [2.45, 2.75) is 19.3 Å². The maximum atomic E-state index is 10.7. The highest BCUT2D eigenvalue weighted by molar-refractivity contribution is 5.66. The topological polar surface area (TPSA) is 96.6 Å². The largest absolute Gasteiger partial charge is 0.481 e. The molecule has 1 N–H and O–H groups in total. The Morgan fingerprint density at radius 1 is 1.63 bits per heavy atom. The SMILES string of the molecule is O=C(O)CCC1CCN(c2cc([N+](=O)[O-])ccn2)C1. The molecule has 0 saturated carbocycles. The Morgan fingerprint density at radius 2 is 2.42 bits per heavy atom. The molecule has 19 heavy (non-hydrogen) atoms. The van der Waals surface area contributed by atoms with Crippen molar-refractivity contribution in [2.24, 2.45) is 5.92 Å². The van der Waals surface area contributed by atoms with Crippen LogP contribution in [0.3, 0.4) is 0 Å². The van der Waals surface area contributed by atoms with E-state index < -0.39 is 10.9 Å². The lowest BCUT2D eigenvalue weighted by Gasteiger charge is -2.16. The minimum atomic E-state index is -0.785. The van der Waals surface area contributed by atoms with Crippen LogP contribution in [0.25, 0.3) is 0 Å². The number of anilines is 1. The Hall–Kier alpha value is -2.18. The molecule has 1 saturated heterocycles. The number of hydrogen-bond acceptors (Lipinski definition) is 5. The van der Waals surface area contributed by atoms with E-state index in [4.69, 9.17) is 5.11 Å². The van der Waals surface area contributed by atoms with E-state index in [1.807, 2.05) is 4.90 Å². The molecule has 0 radical (unpaired) electrons. The normalized spacial score (nSPS) is 18.5. The van der Waals surface area contributed by atoms with Gasteiger partial charge in [-0.1, -0.05) is 0 Å². The molecule has 102 valence electrons. The fourth-order valence-corrected chi connectivity index (χ4v) is 2.30. The van der Waals surface area contributed by atoms with E-state index in [1.54, 1.807) is 0 Å². The molecule has 1 atom stereocenters. The quantitative estimate of drug-likeness (QED) is 0.642. The monoisotopic (exact) mass is 265 g/mol. The molecule has 1 aliphatic rings. The van der Waals surface area contributed by atoms with Crippen LogP contribution in [0.5, 0.6) is 0 Å². The molecule has 7 heteroatoms. The van der Waals surface area contributed by atoms with Gasteiger partial charge in [-0.3, -0.25) is 14.9 Å². The van der Waals surface area contributed by atoms with Crippen LogP contribution < -0.4 is 4.90 Å². The van der Waals surface area contributed by atoms with E-state index >= 15 is 0 Å². The molecule has 2 heterocycles. The zero-order valence-corrected chi connectivity index (χ0v) is 10.4. The summed E-state index contributed by atoms with van der Waals surface area (Å²) >= 11 is 0. The first-order chi connectivity index (χ1) is 9.06. The van der Waals surface area contributed by atoms with Gasteiger partial charge < -0.3 is 10.0 Å². The van der Waals surface area contributed by atoms with Crippen LogP contribution in [0.1, 0.15) is 19.3 Å². The van der Waals surface area contributed by atoms with E-state index in [1.165, 1.54) is 18.3 Å². The minimum Gasteiger partial charge on any atom is -0.481 e. The van der Waals surface area contributed by atoms with Crippen molar-refractivity contribution < 1.29 is 14.8 Å². The van der Waals surface area contributed by atoms with Crippen LogP contribution in [-0.4, -0.2) is 34.1 Å². The highest BCUT2D eigenvalue weighted by Gasteiger charge is 2.24. The van der Waals surface area contributed by atoms with E-state index in [2.05, 4.69) is 4.98 Å². The molecule has 2 rings (SSSR count). The van der Waals surface area contributed by atoms with E-state index in [0.717, 1.165) is 13.0 Å². The average Bonchev–Trinajstić information content (AvgIpc) is 2.85. The lowest BCUT2D eigenvalue weighted by atomic mass is 10.0. The molecule has 1 unspecified atom stereocenters. The smallest absolute Gasteiger partial charge is 0.303 e. The molecule has 0 bridgehead atoms. The third-order valence-corrected chi connectivity index (χ3v) is 3.32. The van der Waals surface area contributed by atoms with Crippen molar-refractivity contribution in [1.82, 2.24) is 4.98 Å². The van der Waals surface area contributed by atoms with E-state index in [-0.39, 0.29) is 12.1 Å². The standard InChI is InChI=1S/C12H15N3O4/c16-12(17)2-1-9-4-6-14(8-9)11-7-10(15(18)19)3-5-13-11/h3,5,7,9H,1-2,4,6,8H2,(H,16,17). The van der Waals surface area contributed by atoms with Crippen molar-refractivity contribution in [1.29, 1.82) is 0 Å². The van der Waals surface area contributed by atoms with Gasteiger partial charge in [-0.15, -0.1) is 0 Å². The molecule has 0 amide bonds. The fraction of sp³-hybridized carbons (Fsp3) is 0.500. The number of aliphatic carboxylic acids is 1. The summed E-state index contributed by atoms with van der Waals surface area (Å²) in [5.74, 6) is 0.121. The van der Waals surface area contributed by atoms with Gasteiger partial charge in [-0.25, -0.2) is 4.98 Å². The van der Waals surface area contributed by atoms with Gasteiger partial charge in [0, 0.05) is 31.8 Å². The van der Waals surface area contributed by atoms with Crippen LogP contribution in [0.4, 0.5) is 11.5 Å². The number of carboxylic acid groups (broad SMARTS) is 1. The second kappa shape index (κ2) is 5.64. The Morgan fingerprint density at radius 3 is 3.11 bits per heavy atom. The first kappa shape index (κ1) is 13.3. The van der Waals surface area contributed by atoms with Crippen molar-refractivity contribution in [3.8, 4) is 0 Å². The van der Waals surface area contributed by atoms with Gasteiger partial charge in [0.2, 0.25) is 0 Å². The van der Waals surface area contributed by atoms with Gasteiger partial charge in [-0.2, -0.15) is 0 Å². The summed E-state index contributed by atoms with van der Waals surface area (Å²) in [6, 6.07) is 2.82. The Balaban J connectivity index is 1.98. The molecule has 0 aromatic carbocycles. The summed E-state index contributed by atoms with van der Waals surface area (Å²) in [5.41, 5.74) is 0.0268. The molecule has 7 nitrogen and oxygen atoms in total. The number of carbonyl (C=O) groups is 1. The summed E-state index contributed by atoms with van der Waals surface area (Å²) in [6.07, 6.45) is 3.14. The van der Waals surface area contributed by atoms with Crippen LogP contribution in [0, 0.1) is 16.0 Å². The zero-order valence-electron chi connectivity index (χ0n) is 10.4. The van der Waals surface area contributed by atoms with Gasteiger partial charge in [0.05, 0.1) is 11.0 Å². The third-order valence-electron chi connectivity index (χ3n) is 3.32. The fourth-order valence-electron chi connectivity index (χ4n) is 2.30. The van der Waals surface area contributed by atoms with Crippen molar-refractivity contribution in [3.63, 3.8) is 0 Å². The van der Waals surface area contributed by atoms with E-state index in [0.29, 0.717) is 24.7 Å². The molecular weight excluding hydrogens is 250 g/mol. The Labute approximate surface area is 110 Å². The summed E-state index contributed by atoms with van der Waals surface area (Å²) in [6.45, 7) is 1.47. The van der Waals surface area contributed by atoms with Gasteiger partial charge >= 0.3 is 5.97 Å². The number of carboxylic acids is 1. The second-order valence-electron chi connectivity index (χ2n) is 4.66. The van der Waals surface area contributed by atoms with Crippen molar-refractivity contribution in [2.75, 3.05) is 18.0 Å². The third kappa shape index (κ3) is 3.40. The Kier molecular flexibility index (Phi) is 3.94. The number of nitro groups is 1. The number of hydrogen-bond donors (Lipinski definition) is 1. The second-order valence-corrected chi connectivity index (χ2v) is 4.66. The zero-order chi connectivity index (χ0) is 13.8. The maximum absolute atomic E-state index is 10.7. The maximum Gasteiger partial charge on any atom is 0.303 e. The van der Waals surface area contributed by atoms with Crippen molar-refractivity contribution >= 4 is 17.5 Å². The highest BCUT2D eigenvalue weighted by Crippen LogP contribution is 2.27. The van der Waals surface area contributed by atoms with Crippen LogP contribution >= 0.6 is 0 Å². The summed E-state index contributed by atoms with van der Waals surface area (Å²) < 4.78 is 0. The molecule has 1 fully saturated rings. The number of pyridine rings is 1. The molecule has 0 spiro atoms. The lowest BCUT2D eigenvalue weighted by molar-refractivity contribution is -0.384.